The van der Waals surface area contributed by atoms with Gasteiger partial charge in [-0.05, 0) is 76.5 Å². The Hall–Kier alpha value is -6.38. The Balaban J connectivity index is 0.000000177. The molecule has 6 aromatic carbocycles. The summed E-state index contributed by atoms with van der Waals surface area (Å²) in [6.45, 7) is 2.15. The number of allylic oxidation sites excluding steroid dienone is 2. The number of rotatable bonds is 8. The molecule has 0 saturated carbocycles. The average Bonchev–Trinajstić information content (AvgIpc) is 3.22. The molecule has 58 heavy (non-hydrogen) atoms. The number of likely N-dealkylation sites (N-methyl/N-ethyl adjacent to an activating group) is 2. The molecule has 0 saturated heterocycles. The molecule has 2 heterocycles. The van der Waals surface area contributed by atoms with Crippen molar-refractivity contribution >= 4 is 64.7 Å². The van der Waals surface area contributed by atoms with Gasteiger partial charge in [0.05, 0.1) is 18.6 Å². The van der Waals surface area contributed by atoms with Crippen LogP contribution in [-0.4, -0.2) is 64.8 Å². The van der Waals surface area contributed by atoms with Crippen LogP contribution in [0.3, 0.4) is 0 Å². The Morgan fingerprint density at radius 1 is 0.569 bits per heavy atom. The number of hydrogen-bond donors (Lipinski definition) is 0. The second kappa shape index (κ2) is 15.5. The van der Waals surface area contributed by atoms with Gasteiger partial charge in [0, 0.05) is 36.3 Å². The smallest absolute Gasteiger partial charge is 0.265 e. The third-order valence-electron chi connectivity index (χ3n) is 9.82. The van der Waals surface area contributed by atoms with Crippen LogP contribution in [0.25, 0.3) is 33.1 Å². The number of ether oxygens (including phenoxy) is 2. The number of sulfonamides is 2. The van der Waals surface area contributed by atoms with Crippen LogP contribution in [0.5, 0.6) is 0 Å². The molecule has 0 atom stereocenters. The highest BCUT2D eigenvalue weighted by Crippen LogP contribution is 2.40. The van der Waals surface area contributed by atoms with Crippen LogP contribution < -0.4 is 0 Å². The number of methoxy groups -OCH3 is 1. The van der Waals surface area contributed by atoms with Crippen LogP contribution in [0.1, 0.15) is 45.2 Å². The van der Waals surface area contributed by atoms with Gasteiger partial charge in [-0.1, -0.05) is 79.7 Å². The highest BCUT2D eigenvalue weighted by Gasteiger charge is 2.40. The molecule has 0 unspecified atom stereocenters. The molecule has 0 aliphatic carbocycles. The van der Waals surface area contributed by atoms with Gasteiger partial charge in [-0.3, -0.25) is 18.2 Å². The summed E-state index contributed by atoms with van der Waals surface area (Å²) in [5.41, 5.74) is 0.629. The lowest BCUT2D eigenvalue weighted by Crippen LogP contribution is -2.35. The Kier molecular flexibility index (Phi) is 10.7. The normalized spacial score (nSPS) is 15.3. The molecule has 10 nitrogen and oxygen atoms in total. The molecule has 0 amide bonds. The molecule has 0 N–H and O–H groups in total. The van der Waals surface area contributed by atoms with E-state index in [1.807, 2.05) is 55.5 Å². The monoisotopic (exact) mass is 822 g/mol. The van der Waals surface area contributed by atoms with Crippen LogP contribution >= 0.6 is 0 Å². The maximum absolute atomic E-state index is 14.0. The van der Waals surface area contributed by atoms with Gasteiger partial charge in [0.25, 0.3) is 20.0 Å². The first-order valence-corrected chi connectivity index (χ1v) is 20.9. The average molecular weight is 823 g/mol. The highest BCUT2D eigenvalue weighted by molar-refractivity contribution is 7.89. The number of fused-ring (bicyclic) bond motifs is 4. The zero-order valence-corrected chi connectivity index (χ0v) is 33.3. The van der Waals surface area contributed by atoms with Crippen molar-refractivity contribution in [2.24, 2.45) is 0 Å². The van der Waals surface area contributed by atoms with Crippen molar-refractivity contribution < 1.29 is 44.7 Å². The number of carbonyl (C=O) groups excluding carboxylic acids is 2. The van der Waals surface area contributed by atoms with Crippen LogP contribution in [0.4, 0.5) is 8.78 Å². The molecule has 0 aromatic heterocycles. The van der Waals surface area contributed by atoms with E-state index >= 15 is 0 Å². The summed E-state index contributed by atoms with van der Waals surface area (Å²) in [5.74, 6) is -2.14. The van der Waals surface area contributed by atoms with Crippen LogP contribution in [0.2, 0.25) is 0 Å². The molecule has 2 aliphatic heterocycles. The lowest BCUT2D eigenvalue weighted by Gasteiger charge is -2.30. The van der Waals surface area contributed by atoms with Gasteiger partial charge in [0.15, 0.2) is 11.5 Å². The molecule has 14 heteroatoms. The van der Waals surface area contributed by atoms with E-state index in [0.29, 0.717) is 17.5 Å². The van der Waals surface area contributed by atoms with Crippen molar-refractivity contribution in [3.05, 3.63) is 167 Å². The van der Waals surface area contributed by atoms with Crippen LogP contribution in [-0.2, 0) is 29.5 Å². The molecule has 8 rings (SSSR count). The topological polar surface area (TPSA) is 127 Å². The van der Waals surface area contributed by atoms with E-state index in [0.717, 1.165) is 54.4 Å². The first-order chi connectivity index (χ1) is 27.7. The molecule has 2 aliphatic rings. The van der Waals surface area contributed by atoms with Crippen molar-refractivity contribution in [2.75, 3.05) is 27.8 Å². The highest BCUT2D eigenvalue weighted by atomic mass is 32.2. The summed E-state index contributed by atoms with van der Waals surface area (Å²) in [6.07, 6.45) is 0.641. The van der Waals surface area contributed by atoms with E-state index in [9.17, 15) is 35.2 Å². The molecule has 296 valence electrons. The van der Waals surface area contributed by atoms with Gasteiger partial charge in [0.2, 0.25) is 11.6 Å². The fourth-order valence-corrected chi connectivity index (χ4v) is 9.63. The molecule has 0 radical (unpaired) electrons. The Bertz CT molecular complexity index is 2960. The van der Waals surface area contributed by atoms with Gasteiger partial charge in [-0.25, -0.2) is 25.6 Å². The van der Waals surface area contributed by atoms with Crippen molar-refractivity contribution in [1.82, 2.24) is 8.61 Å². The molecule has 0 fully saturated rings. The molecular formula is C44H36F2N2O8S2. The minimum absolute atomic E-state index is 0.0608. The van der Waals surface area contributed by atoms with Crippen molar-refractivity contribution in [3.63, 3.8) is 0 Å². The first-order valence-electron chi connectivity index (χ1n) is 18.0. The number of Topliss-reactive ketones (excluding diaryl/α,β-unsaturated/α-hetero) is 2. The Labute approximate surface area is 334 Å². The largest absolute Gasteiger partial charge is 0.494 e. The van der Waals surface area contributed by atoms with Gasteiger partial charge in [0.1, 0.15) is 27.9 Å². The van der Waals surface area contributed by atoms with Crippen LogP contribution in [0, 0.1) is 11.6 Å². The summed E-state index contributed by atoms with van der Waals surface area (Å²) in [6, 6.07) is 32.2. The molecule has 0 bridgehead atoms. The van der Waals surface area contributed by atoms with Gasteiger partial charge < -0.3 is 9.47 Å². The summed E-state index contributed by atoms with van der Waals surface area (Å²) < 4.78 is 92.5. The maximum Gasteiger partial charge on any atom is 0.265 e. The zero-order chi connectivity index (χ0) is 41.5. The zero-order valence-electron chi connectivity index (χ0n) is 31.7. The predicted octanol–water partition coefficient (Wildman–Crippen LogP) is 8.40. The molecular weight excluding hydrogens is 787 g/mol. The summed E-state index contributed by atoms with van der Waals surface area (Å²) in [4.78, 5) is 26.4. The fourth-order valence-electron chi connectivity index (χ4n) is 6.86. The predicted molar refractivity (Wildman–Crippen MR) is 216 cm³/mol. The van der Waals surface area contributed by atoms with Gasteiger partial charge >= 0.3 is 0 Å². The minimum Gasteiger partial charge on any atom is -0.494 e. The number of ketones is 2. The van der Waals surface area contributed by atoms with E-state index in [2.05, 4.69) is 0 Å². The van der Waals surface area contributed by atoms with E-state index in [-0.39, 0.29) is 50.4 Å². The van der Waals surface area contributed by atoms with Crippen molar-refractivity contribution in [2.45, 2.75) is 23.1 Å². The van der Waals surface area contributed by atoms with E-state index < -0.39 is 43.2 Å². The number of halogens is 2. The third kappa shape index (κ3) is 6.98. The van der Waals surface area contributed by atoms with Crippen LogP contribution in [0.15, 0.2) is 143 Å². The van der Waals surface area contributed by atoms with E-state index in [1.165, 1.54) is 33.3 Å². The minimum atomic E-state index is -4.10. The quantitative estimate of drug-likeness (QED) is 0.140. The SMILES string of the molecule is CCCOC1=C(C(=O)c2ccc3ccccc3c2)N(C)S(=O)(=O)c2ccc(F)cc21.COC1=C(C(=O)c2ccc3ccccc3c2)N(C)S(=O)(=O)c2cc(F)ccc21. The number of nitrogens with zero attached hydrogens (tertiary/aromatic N) is 2. The maximum atomic E-state index is 14.0. The summed E-state index contributed by atoms with van der Waals surface area (Å²) >= 11 is 0. The lowest BCUT2D eigenvalue weighted by atomic mass is 10.0. The lowest BCUT2D eigenvalue weighted by molar-refractivity contribution is 0.1000. The Morgan fingerprint density at radius 2 is 1.05 bits per heavy atom. The van der Waals surface area contributed by atoms with Crippen molar-refractivity contribution in [3.8, 4) is 0 Å². The van der Waals surface area contributed by atoms with Gasteiger partial charge in [-0.2, -0.15) is 0 Å². The van der Waals surface area contributed by atoms with Crippen molar-refractivity contribution in [1.29, 1.82) is 0 Å². The standard InChI is InChI=1S/C23H20FNO4S.C21H16FNO4S/c1-3-12-29-23-19-14-18(24)10-11-20(19)30(27,28)25(2)21(23)22(26)17-9-8-15-6-4-5-7-16(15)13-17;1-23-19(20(24)15-8-7-13-5-3-4-6-14(13)11-15)21(27-2)17-10-9-16(22)12-18(17)28(23,25)26/h4-11,13-14H,3,12H2,1-2H3;3-12H,1-2H3. The number of hydrogen-bond acceptors (Lipinski definition) is 8. The fraction of sp³-hybridized carbons (Fsp3) is 0.136. The summed E-state index contributed by atoms with van der Waals surface area (Å²) in [7, 11) is -4.21. The third-order valence-corrected chi connectivity index (χ3v) is 13.4. The first kappa shape index (κ1) is 39.8. The molecule has 0 spiro atoms. The second-order valence-electron chi connectivity index (χ2n) is 13.4. The summed E-state index contributed by atoms with van der Waals surface area (Å²) in [5, 5.41) is 3.64. The molecule has 6 aromatic rings. The van der Waals surface area contributed by atoms with Gasteiger partial charge in [-0.15, -0.1) is 0 Å². The van der Waals surface area contributed by atoms with E-state index in [4.69, 9.17) is 9.47 Å². The Morgan fingerprint density at radius 3 is 1.59 bits per heavy atom. The number of benzene rings is 6. The number of carbonyl (C=O) groups is 2. The van der Waals surface area contributed by atoms with E-state index in [1.54, 1.807) is 36.4 Å². The second-order valence-corrected chi connectivity index (χ2v) is 17.3.